The molecule has 0 bridgehead atoms. The lowest BCUT2D eigenvalue weighted by molar-refractivity contribution is -0.125. The number of aromatic nitrogens is 3. The van der Waals surface area contributed by atoms with Crippen molar-refractivity contribution in [2.24, 2.45) is 5.73 Å². The predicted octanol–water partition coefficient (Wildman–Crippen LogP) is 2.80. The third kappa shape index (κ3) is 7.07. The summed E-state index contributed by atoms with van der Waals surface area (Å²) < 4.78 is 0. The minimum Gasteiger partial charge on any atom is -0.371 e. The highest BCUT2D eigenvalue weighted by Gasteiger charge is 2.29. The van der Waals surface area contributed by atoms with E-state index in [9.17, 15) is 9.59 Å². The molecular formula is C33H42N10O2. The second-order valence-electron chi connectivity index (χ2n) is 12.1. The van der Waals surface area contributed by atoms with E-state index in [4.69, 9.17) is 15.7 Å². The number of piperidine rings is 1. The van der Waals surface area contributed by atoms with E-state index in [0.717, 1.165) is 56.9 Å². The Morgan fingerprint density at radius 2 is 1.62 bits per heavy atom. The molecule has 5 heterocycles. The zero-order valence-corrected chi connectivity index (χ0v) is 25.9. The zero-order valence-electron chi connectivity index (χ0n) is 25.9. The Morgan fingerprint density at radius 3 is 2.29 bits per heavy atom. The number of primary amides is 1. The number of nitrogens with two attached hydrogens (primary N) is 1. The summed E-state index contributed by atoms with van der Waals surface area (Å²) in [5.74, 6) is -0.0312. The summed E-state index contributed by atoms with van der Waals surface area (Å²) in [6.07, 6.45) is 7.73. The Hall–Kier alpha value is -4.55. The van der Waals surface area contributed by atoms with E-state index < -0.39 is 5.91 Å². The molecule has 0 unspecified atom stereocenters. The van der Waals surface area contributed by atoms with Gasteiger partial charge in [-0.3, -0.25) is 19.5 Å². The van der Waals surface area contributed by atoms with Gasteiger partial charge in [-0.1, -0.05) is 6.58 Å². The maximum atomic E-state index is 12.6. The van der Waals surface area contributed by atoms with Crippen molar-refractivity contribution in [3.8, 4) is 11.3 Å². The summed E-state index contributed by atoms with van der Waals surface area (Å²) in [4.78, 5) is 47.7. The summed E-state index contributed by atoms with van der Waals surface area (Å²) in [6.45, 7) is 11.4. The van der Waals surface area contributed by atoms with Crippen molar-refractivity contribution < 1.29 is 9.59 Å². The number of rotatable bonds is 9. The highest BCUT2D eigenvalue weighted by molar-refractivity contribution is 5.97. The number of benzene rings is 1. The van der Waals surface area contributed by atoms with Gasteiger partial charge < -0.3 is 31.1 Å². The number of amides is 2. The van der Waals surface area contributed by atoms with Crippen molar-refractivity contribution in [2.45, 2.75) is 31.3 Å². The molecule has 12 nitrogen and oxygen atoms in total. The molecule has 236 valence electrons. The molecule has 1 atom stereocenters. The number of likely N-dealkylation sites (N-methyl/N-ethyl adjacent to an activating group) is 1. The van der Waals surface area contributed by atoms with Gasteiger partial charge in [0.05, 0.1) is 0 Å². The van der Waals surface area contributed by atoms with Crippen LogP contribution in [0.2, 0.25) is 0 Å². The number of likely N-dealkylation sites (tertiary alicyclic amines) is 1. The molecule has 45 heavy (non-hydrogen) atoms. The molecule has 3 aromatic rings. The maximum Gasteiger partial charge on any atom is 0.271 e. The SMILES string of the molecule is C=CC(=O)N1CC[C@@H](Nc2nc(Nc3ccc(N4CCC(N5CCN(C)CC5)CC4)cc3)c(C(N)=O)nc2-c2ccncc2)C1. The molecule has 3 saturated heterocycles. The highest BCUT2D eigenvalue weighted by atomic mass is 16.2. The molecule has 3 fully saturated rings. The van der Waals surface area contributed by atoms with Crippen LogP contribution in [0.15, 0.2) is 61.4 Å². The van der Waals surface area contributed by atoms with E-state index in [1.54, 1.807) is 17.3 Å². The number of pyridine rings is 1. The number of hydrogen-bond donors (Lipinski definition) is 3. The van der Waals surface area contributed by atoms with Crippen molar-refractivity contribution in [3.63, 3.8) is 0 Å². The van der Waals surface area contributed by atoms with Crippen molar-refractivity contribution in [3.05, 3.63) is 67.1 Å². The smallest absolute Gasteiger partial charge is 0.271 e. The van der Waals surface area contributed by atoms with E-state index in [0.29, 0.717) is 30.6 Å². The van der Waals surface area contributed by atoms with E-state index >= 15 is 0 Å². The molecule has 0 saturated carbocycles. The van der Waals surface area contributed by atoms with Gasteiger partial charge in [0, 0.05) is 93.8 Å². The van der Waals surface area contributed by atoms with Crippen LogP contribution in [0.1, 0.15) is 29.8 Å². The lowest BCUT2D eigenvalue weighted by Crippen LogP contribution is -2.52. The molecular weight excluding hydrogens is 568 g/mol. The monoisotopic (exact) mass is 610 g/mol. The third-order valence-electron chi connectivity index (χ3n) is 9.11. The molecule has 2 aromatic heterocycles. The van der Waals surface area contributed by atoms with Crippen molar-refractivity contribution in [2.75, 3.05) is 74.9 Å². The first-order chi connectivity index (χ1) is 21.9. The van der Waals surface area contributed by atoms with E-state index in [-0.39, 0.29) is 23.5 Å². The third-order valence-corrected chi connectivity index (χ3v) is 9.11. The molecule has 12 heteroatoms. The largest absolute Gasteiger partial charge is 0.371 e. The van der Waals surface area contributed by atoms with Gasteiger partial charge in [-0.05, 0) is 68.8 Å². The highest BCUT2D eigenvalue weighted by Crippen LogP contribution is 2.31. The van der Waals surface area contributed by atoms with Gasteiger partial charge in [0.2, 0.25) is 5.91 Å². The first kappa shape index (κ1) is 30.5. The Balaban J connectivity index is 1.18. The fourth-order valence-corrected chi connectivity index (χ4v) is 6.48. The van der Waals surface area contributed by atoms with Crippen LogP contribution in [0.3, 0.4) is 0 Å². The quantitative estimate of drug-likeness (QED) is 0.311. The topological polar surface area (TPSA) is 136 Å². The standard InChI is InChI=1S/C33H42N10O2/c1-3-28(44)43-15-10-25(22-43)37-32-29(23-8-13-35-14-9-23)38-30(31(34)45)33(39-32)36-24-4-6-26(7-5-24)41-16-11-27(12-17-41)42-20-18-40(2)19-21-42/h3-9,13-14,25,27H,1,10-12,15-22H2,2H3,(H2,34,45)(H2,36,37,39)/t25-/m1/s1. The Bertz CT molecular complexity index is 1500. The summed E-state index contributed by atoms with van der Waals surface area (Å²) in [5, 5.41) is 6.75. The Morgan fingerprint density at radius 1 is 0.911 bits per heavy atom. The van der Waals surface area contributed by atoms with Crippen LogP contribution in [-0.2, 0) is 4.79 Å². The second kappa shape index (κ2) is 13.6. The van der Waals surface area contributed by atoms with Crippen molar-refractivity contribution in [1.82, 2.24) is 29.7 Å². The van der Waals surface area contributed by atoms with Gasteiger partial charge in [-0.25, -0.2) is 9.97 Å². The average molecular weight is 611 g/mol. The van der Waals surface area contributed by atoms with Gasteiger partial charge in [0.1, 0.15) is 5.69 Å². The summed E-state index contributed by atoms with van der Waals surface area (Å²) in [7, 11) is 2.20. The van der Waals surface area contributed by atoms with E-state index in [1.165, 1.54) is 24.6 Å². The zero-order chi connectivity index (χ0) is 31.3. The van der Waals surface area contributed by atoms with E-state index in [2.05, 4.69) is 56.1 Å². The number of nitrogens with one attached hydrogen (secondary N) is 2. The lowest BCUT2D eigenvalue weighted by atomic mass is 10.0. The van der Waals surface area contributed by atoms with Crippen LogP contribution >= 0.6 is 0 Å². The fourth-order valence-electron chi connectivity index (χ4n) is 6.48. The number of piperazine rings is 1. The maximum absolute atomic E-state index is 12.6. The first-order valence-electron chi connectivity index (χ1n) is 15.7. The molecule has 3 aliphatic heterocycles. The van der Waals surface area contributed by atoms with Crippen LogP contribution < -0.4 is 21.3 Å². The van der Waals surface area contributed by atoms with Crippen LogP contribution in [0.5, 0.6) is 0 Å². The molecule has 0 aliphatic carbocycles. The van der Waals surface area contributed by atoms with Gasteiger partial charge in [0.15, 0.2) is 17.3 Å². The fraction of sp³-hybridized carbons (Fsp3) is 0.424. The van der Waals surface area contributed by atoms with Gasteiger partial charge in [-0.15, -0.1) is 0 Å². The number of hydrogen-bond acceptors (Lipinski definition) is 10. The van der Waals surface area contributed by atoms with Crippen LogP contribution in [0, 0.1) is 0 Å². The molecule has 4 N–H and O–H groups in total. The van der Waals surface area contributed by atoms with Crippen LogP contribution in [-0.4, -0.2) is 113 Å². The predicted molar refractivity (Wildman–Crippen MR) is 177 cm³/mol. The average Bonchev–Trinajstić information content (AvgIpc) is 3.54. The summed E-state index contributed by atoms with van der Waals surface area (Å²) in [6, 6.07) is 12.4. The number of nitrogens with zero attached hydrogens (tertiary/aromatic N) is 7. The van der Waals surface area contributed by atoms with Crippen LogP contribution in [0.4, 0.5) is 23.0 Å². The Kier molecular flexibility index (Phi) is 9.22. The molecule has 2 amide bonds. The minimum atomic E-state index is -0.685. The minimum absolute atomic E-state index is 0.0392. The van der Waals surface area contributed by atoms with Crippen molar-refractivity contribution >= 4 is 34.8 Å². The number of carbonyl (C=O) groups is 2. The second-order valence-corrected chi connectivity index (χ2v) is 12.1. The van der Waals surface area contributed by atoms with Gasteiger partial charge >= 0.3 is 0 Å². The number of anilines is 4. The molecule has 0 radical (unpaired) electrons. The van der Waals surface area contributed by atoms with E-state index in [1.807, 2.05) is 24.3 Å². The Labute approximate surface area is 264 Å². The normalized spacial score (nSPS) is 19.8. The lowest BCUT2D eigenvalue weighted by Gasteiger charge is -2.42. The van der Waals surface area contributed by atoms with Crippen molar-refractivity contribution in [1.29, 1.82) is 0 Å². The molecule has 6 rings (SSSR count). The number of carbonyl (C=O) groups excluding carboxylic acids is 2. The van der Waals surface area contributed by atoms with Crippen LogP contribution in [0.25, 0.3) is 11.3 Å². The molecule has 1 aromatic carbocycles. The van der Waals surface area contributed by atoms with Gasteiger partial charge in [-0.2, -0.15) is 0 Å². The summed E-state index contributed by atoms with van der Waals surface area (Å²) in [5.41, 5.74) is 9.02. The van der Waals surface area contributed by atoms with Gasteiger partial charge in [0.25, 0.3) is 5.91 Å². The first-order valence-corrected chi connectivity index (χ1v) is 15.7. The molecule has 0 spiro atoms. The summed E-state index contributed by atoms with van der Waals surface area (Å²) >= 11 is 0. The molecule has 3 aliphatic rings.